The summed E-state index contributed by atoms with van der Waals surface area (Å²) in [6, 6.07) is 57.8. The summed E-state index contributed by atoms with van der Waals surface area (Å²) in [6.07, 6.45) is 0.953. The van der Waals surface area contributed by atoms with Crippen molar-refractivity contribution >= 4 is 38.6 Å². The summed E-state index contributed by atoms with van der Waals surface area (Å²) in [5, 5.41) is 7.01. The van der Waals surface area contributed by atoms with Crippen molar-refractivity contribution in [2.24, 2.45) is 0 Å². The van der Waals surface area contributed by atoms with Crippen LogP contribution in [-0.2, 0) is 0 Å². The summed E-state index contributed by atoms with van der Waals surface area (Å²) in [4.78, 5) is 12.2. The average Bonchev–Trinajstić information content (AvgIpc) is 3.10. The molecule has 0 aromatic heterocycles. The van der Waals surface area contributed by atoms with Crippen molar-refractivity contribution in [2.75, 3.05) is 0 Å². The van der Waals surface area contributed by atoms with E-state index in [1.54, 1.807) is 0 Å². The highest BCUT2D eigenvalue weighted by Gasteiger charge is 2.25. The molecule has 0 aliphatic heterocycles. The van der Waals surface area contributed by atoms with Gasteiger partial charge in [-0.3, -0.25) is 4.79 Å². The molecule has 0 saturated heterocycles. The highest BCUT2D eigenvalue weighted by Crippen LogP contribution is 2.53. The van der Waals surface area contributed by atoms with E-state index in [0.717, 1.165) is 39.3 Å². The Morgan fingerprint density at radius 3 is 1.00 bits per heavy atom. The van der Waals surface area contributed by atoms with Gasteiger partial charge in [0.1, 0.15) is 6.29 Å². The van der Waals surface area contributed by atoms with Gasteiger partial charge < -0.3 is 0 Å². The van der Waals surface area contributed by atoms with Crippen molar-refractivity contribution in [3.63, 3.8) is 0 Å². The van der Waals surface area contributed by atoms with Crippen molar-refractivity contribution in [3.05, 3.63) is 169 Å². The minimum absolute atomic E-state index is 0.665. The molecule has 0 bridgehead atoms. The maximum Gasteiger partial charge on any atom is 0.150 e. The molecule has 8 aromatic carbocycles. The van der Waals surface area contributed by atoms with Gasteiger partial charge in [-0.2, -0.15) is 0 Å². The van der Waals surface area contributed by atoms with Crippen molar-refractivity contribution in [3.8, 4) is 44.5 Å². The number of carbonyl (C=O) groups excluding carboxylic acids is 1. The zero-order chi connectivity index (χ0) is 29.5. The van der Waals surface area contributed by atoms with Crippen LogP contribution in [0.5, 0.6) is 0 Å². The van der Waals surface area contributed by atoms with E-state index in [2.05, 4.69) is 158 Å². The number of aldehydes is 1. The van der Waals surface area contributed by atoms with Crippen LogP contribution < -0.4 is 0 Å². The lowest BCUT2D eigenvalue weighted by Gasteiger charge is -2.25. The molecular formula is C43H28O. The van der Waals surface area contributed by atoms with Gasteiger partial charge in [-0.15, -0.1) is 0 Å². The Balaban J connectivity index is 1.78. The van der Waals surface area contributed by atoms with Crippen LogP contribution in [0, 0.1) is 0 Å². The fraction of sp³-hybridized carbons (Fsp3) is 0. The third-order valence-corrected chi connectivity index (χ3v) is 8.68. The zero-order valence-electron chi connectivity index (χ0n) is 24.1. The monoisotopic (exact) mass is 560 g/mol. The van der Waals surface area contributed by atoms with E-state index in [9.17, 15) is 4.79 Å². The van der Waals surface area contributed by atoms with Crippen LogP contribution in [0.25, 0.3) is 76.8 Å². The van der Waals surface area contributed by atoms with Gasteiger partial charge in [0.15, 0.2) is 0 Å². The Labute approximate surface area is 256 Å². The first-order chi connectivity index (χ1) is 21.8. The molecular weight excluding hydrogens is 532 g/mol. The molecule has 0 spiro atoms. The first-order valence-electron chi connectivity index (χ1n) is 15.0. The summed E-state index contributed by atoms with van der Waals surface area (Å²) in [5.74, 6) is 0. The molecule has 1 nitrogen and oxygen atoms in total. The molecule has 0 amide bonds. The molecule has 0 N–H and O–H groups in total. The second-order valence-electron chi connectivity index (χ2n) is 11.2. The Kier molecular flexibility index (Phi) is 6.35. The summed E-state index contributed by atoms with van der Waals surface area (Å²) in [6.45, 7) is 0. The number of hydrogen-bond donors (Lipinski definition) is 0. The molecule has 0 fully saturated rings. The first kappa shape index (κ1) is 25.9. The minimum atomic E-state index is 0.665. The fourth-order valence-electron chi connectivity index (χ4n) is 6.89. The van der Waals surface area contributed by atoms with Crippen LogP contribution in [0.3, 0.4) is 0 Å². The maximum atomic E-state index is 12.2. The van der Waals surface area contributed by atoms with Crippen LogP contribution in [0.15, 0.2) is 164 Å². The highest BCUT2D eigenvalue weighted by atomic mass is 16.1. The van der Waals surface area contributed by atoms with Gasteiger partial charge in [-0.1, -0.05) is 158 Å². The van der Waals surface area contributed by atoms with Gasteiger partial charge in [0.2, 0.25) is 0 Å². The second kappa shape index (κ2) is 10.8. The Hall–Kier alpha value is -5.79. The van der Waals surface area contributed by atoms with Gasteiger partial charge in [0, 0.05) is 5.56 Å². The molecule has 206 valence electrons. The highest BCUT2D eigenvalue weighted by molar-refractivity contribution is 6.34. The number of benzene rings is 8. The third-order valence-electron chi connectivity index (χ3n) is 8.68. The van der Waals surface area contributed by atoms with Crippen molar-refractivity contribution in [1.29, 1.82) is 0 Å². The quantitative estimate of drug-likeness (QED) is 0.151. The van der Waals surface area contributed by atoms with E-state index in [0.29, 0.717) is 5.56 Å². The topological polar surface area (TPSA) is 17.1 Å². The maximum absolute atomic E-state index is 12.2. The fourth-order valence-corrected chi connectivity index (χ4v) is 6.89. The molecule has 0 saturated carbocycles. The lowest BCUT2D eigenvalue weighted by Crippen LogP contribution is -1.98. The van der Waals surface area contributed by atoms with Crippen LogP contribution in [-0.4, -0.2) is 6.29 Å². The SMILES string of the molecule is O=Cc1ccc2c(-c3ccccc3)c3c(-c4ccccc4)c4ccccc4c(-c4ccccc4)c3c(-c3ccccc3)c2c1. The molecule has 8 aromatic rings. The molecule has 0 radical (unpaired) electrons. The van der Waals surface area contributed by atoms with E-state index in [1.165, 1.54) is 43.8 Å². The van der Waals surface area contributed by atoms with Gasteiger partial charge in [-0.05, 0) is 82.9 Å². The van der Waals surface area contributed by atoms with Gasteiger partial charge >= 0.3 is 0 Å². The molecule has 0 aliphatic rings. The normalized spacial score (nSPS) is 11.3. The zero-order valence-corrected chi connectivity index (χ0v) is 24.1. The van der Waals surface area contributed by atoms with Gasteiger partial charge in [0.25, 0.3) is 0 Å². The van der Waals surface area contributed by atoms with E-state index in [1.807, 2.05) is 6.07 Å². The smallest absolute Gasteiger partial charge is 0.150 e. The lowest BCUT2D eigenvalue weighted by atomic mass is 9.77. The lowest BCUT2D eigenvalue weighted by molar-refractivity contribution is 0.112. The summed E-state index contributed by atoms with van der Waals surface area (Å²) in [7, 11) is 0. The van der Waals surface area contributed by atoms with E-state index in [4.69, 9.17) is 0 Å². The Bertz CT molecular complexity index is 2300. The number of fused-ring (bicyclic) bond motifs is 3. The second-order valence-corrected chi connectivity index (χ2v) is 11.2. The predicted octanol–water partition coefficient (Wildman–Crippen LogP) is 11.6. The van der Waals surface area contributed by atoms with E-state index in [-0.39, 0.29) is 0 Å². The number of hydrogen-bond acceptors (Lipinski definition) is 1. The van der Waals surface area contributed by atoms with Crippen LogP contribution in [0.1, 0.15) is 10.4 Å². The first-order valence-corrected chi connectivity index (χ1v) is 15.0. The Morgan fingerprint density at radius 2 is 0.636 bits per heavy atom. The van der Waals surface area contributed by atoms with Crippen molar-refractivity contribution in [1.82, 2.24) is 0 Å². The van der Waals surface area contributed by atoms with E-state index < -0.39 is 0 Å². The summed E-state index contributed by atoms with van der Waals surface area (Å²) < 4.78 is 0. The number of carbonyl (C=O) groups is 1. The van der Waals surface area contributed by atoms with Gasteiger partial charge in [-0.25, -0.2) is 0 Å². The molecule has 0 atom stereocenters. The third kappa shape index (κ3) is 4.13. The van der Waals surface area contributed by atoms with E-state index >= 15 is 0 Å². The molecule has 0 unspecified atom stereocenters. The molecule has 44 heavy (non-hydrogen) atoms. The molecule has 0 aliphatic carbocycles. The van der Waals surface area contributed by atoms with Crippen LogP contribution in [0.4, 0.5) is 0 Å². The minimum Gasteiger partial charge on any atom is -0.298 e. The standard InChI is InChI=1S/C43H28O/c44-28-29-25-26-36-37(27-29)41(33-21-11-4-12-22-33)43-39(31-17-7-2-8-18-31)35-24-14-13-23-34(35)38(30-15-5-1-6-16-30)42(43)40(36)32-19-9-3-10-20-32/h1-28H. The number of rotatable bonds is 5. The Morgan fingerprint density at radius 1 is 0.318 bits per heavy atom. The summed E-state index contributed by atoms with van der Waals surface area (Å²) in [5.41, 5.74) is 10.0. The molecule has 8 rings (SSSR count). The molecule has 0 heterocycles. The van der Waals surface area contributed by atoms with Crippen LogP contribution >= 0.6 is 0 Å². The summed E-state index contributed by atoms with van der Waals surface area (Å²) >= 11 is 0. The van der Waals surface area contributed by atoms with Crippen LogP contribution in [0.2, 0.25) is 0 Å². The predicted molar refractivity (Wildman–Crippen MR) is 186 cm³/mol. The van der Waals surface area contributed by atoms with Crippen molar-refractivity contribution in [2.45, 2.75) is 0 Å². The van der Waals surface area contributed by atoms with Crippen molar-refractivity contribution < 1.29 is 4.79 Å². The molecule has 1 heteroatoms. The average molecular weight is 561 g/mol. The van der Waals surface area contributed by atoms with Gasteiger partial charge in [0.05, 0.1) is 0 Å². The largest absolute Gasteiger partial charge is 0.298 e.